The number of nitrogens with one attached hydrogen (secondary N) is 3. The van der Waals surface area contributed by atoms with Crippen LogP contribution >= 0.6 is 24.0 Å². The number of benzene rings is 1. The lowest BCUT2D eigenvalue weighted by Gasteiger charge is -2.18. The Balaban J connectivity index is 0.00000280. The van der Waals surface area contributed by atoms with Crippen LogP contribution in [0.5, 0.6) is 5.75 Å². The Labute approximate surface area is 182 Å². The first-order chi connectivity index (χ1) is 13.2. The Bertz CT molecular complexity index is 779. The highest BCUT2D eigenvalue weighted by Gasteiger charge is 2.14. The van der Waals surface area contributed by atoms with Gasteiger partial charge in [-0.15, -0.1) is 24.0 Å². The number of carbonyl (C=O) groups is 1. The number of fused-ring (bicyclic) bond motifs is 1. The van der Waals surface area contributed by atoms with Crippen LogP contribution in [0.1, 0.15) is 18.4 Å². The summed E-state index contributed by atoms with van der Waals surface area (Å²) in [5.41, 5.74) is 2.01. The van der Waals surface area contributed by atoms with Crippen molar-refractivity contribution < 1.29 is 9.53 Å². The largest absolute Gasteiger partial charge is 0.492 e. The maximum atomic E-state index is 11.4. The van der Waals surface area contributed by atoms with Gasteiger partial charge in [0.15, 0.2) is 5.96 Å². The van der Waals surface area contributed by atoms with E-state index in [9.17, 15) is 4.79 Å². The van der Waals surface area contributed by atoms with Gasteiger partial charge in [0.25, 0.3) is 0 Å². The van der Waals surface area contributed by atoms with Crippen LogP contribution in [-0.4, -0.2) is 48.4 Å². The lowest BCUT2D eigenvalue weighted by Crippen LogP contribution is -2.39. The standard InChI is InChI=1S/C19H26N6O2.HI/c1-20-19(21-8-2-11-25-12-3-9-23-25)22-10-13-27-16-5-6-17-15(14-16)4-7-18(26)24-17;/h3,5-6,9,12,14H,2,4,7-8,10-11,13H2,1H3,(H,24,26)(H2,20,21,22);1H. The summed E-state index contributed by atoms with van der Waals surface area (Å²) in [6.07, 6.45) is 5.99. The molecule has 1 aromatic heterocycles. The number of aliphatic imine (C=N–C) groups is 1. The van der Waals surface area contributed by atoms with Crippen molar-refractivity contribution in [3.05, 3.63) is 42.2 Å². The molecule has 2 aromatic rings. The van der Waals surface area contributed by atoms with E-state index in [1.165, 1.54) is 0 Å². The van der Waals surface area contributed by atoms with Crippen molar-refractivity contribution in [2.75, 3.05) is 32.1 Å². The van der Waals surface area contributed by atoms with Crippen molar-refractivity contribution in [3.8, 4) is 5.75 Å². The van der Waals surface area contributed by atoms with Gasteiger partial charge >= 0.3 is 0 Å². The van der Waals surface area contributed by atoms with Crippen LogP contribution in [0.25, 0.3) is 0 Å². The Morgan fingerprint density at radius 1 is 1.32 bits per heavy atom. The lowest BCUT2D eigenvalue weighted by atomic mass is 10.0. The second-order valence-corrected chi connectivity index (χ2v) is 6.26. The molecule has 8 nitrogen and oxygen atoms in total. The van der Waals surface area contributed by atoms with Gasteiger partial charge in [0.2, 0.25) is 5.91 Å². The van der Waals surface area contributed by atoms with Crippen LogP contribution in [0, 0.1) is 0 Å². The molecular weight excluding hydrogens is 471 g/mol. The van der Waals surface area contributed by atoms with Gasteiger partial charge in [0, 0.05) is 44.6 Å². The molecule has 152 valence electrons. The SMILES string of the molecule is CN=C(NCCCn1cccn1)NCCOc1ccc2c(c1)CCC(=O)N2.I. The number of guanidine groups is 1. The van der Waals surface area contributed by atoms with Gasteiger partial charge in [-0.3, -0.25) is 14.5 Å². The number of amides is 1. The average molecular weight is 498 g/mol. The summed E-state index contributed by atoms with van der Waals surface area (Å²) >= 11 is 0. The summed E-state index contributed by atoms with van der Waals surface area (Å²) in [5, 5.41) is 13.6. The number of hydrogen-bond acceptors (Lipinski definition) is 4. The van der Waals surface area contributed by atoms with Crippen molar-refractivity contribution in [1.29, 1.82) is 0 Å². The number of aromatic nitrogens is 2. The van der Waals surface area contributed by atoms with E-state index in [1.807, 2.05) is 35.1 Å². The van der Waals surface area contributed by atoms with Gasteiger partial charge < -0.3 is 20.7 Å². The molecule has 0 fully saturated rings. The van der Waals surface area contributed by atoms with Crippen LogP contribution in [0.15, 0.2) is 41.7 Å². The molecule has 1 aliphatic rings. The molecule has 0 spiro atoms. The van der Waals surface area contributed by atoms with Crippen LogP contribution in [0.4, 0.5) is 5.69 Å². The fraction of sp³-hybridized carbons (Fsp3) is 0.421. The third-order valence-electron chi connectivity index (χ3n) is 4.27. The van der Waals surface area contributed by atoms with E-state index in [-0.39, 0.29) is 29.9 Å². The van der Waals surface area contributed by atoms with Crippen molar-refractivity contribution in [2.45, 2.75) is 25.8 Å². The molecule has 2 heterocycles. The molecule has 1 aromatic carbocycles. The number of carbonyl (C=O) groups excluding carboxylic acids is 1. The predicted molar refractivity (Wildman–Crippen MR) is 121 cm³/mol. The van der Waals surface area contributed by atoms with Crippen molar-refractivity contribution in [1.82, 2.24) is 20.4 Å². The smallest absolute Gasteiger partial charge is 0.224 e. The van der Waals surface area contributed by atoms with Crippen molar-refractivity contribution >= 4 is 41.5 Å². The first kappa shape index (κ1) is 22.0. The Hall–Kier alpha value is -2.30. The third-order valence-corrected chi connectivity index (χ3v) is 4.27. The zero-order chi connectivity index (χ0) is 18.9. The van der Waals surface area contributed by atoms with E-state index in [1.54, 1.807) is 13.2 Å². The van der Waals surface area contributed by atoms with Crippen molar-refractivity contribution in [2.24, 2.45) is 4.99 Å². The van der Waals surface area contributed by atoms with E-state index < -0.39 is 0 Å². The summed E-state index contributed by atoms with van der Waals surface area (Å²) in [6, 6.07) is 7.70. The van der Waals surface area contributed by atoms with Crippen LogP contribution in [-0.2, 0) is 17.8 Å². The predicted octanol–water partition coefficient (Wildman–Crippen LogP) is 2.02. The molecule has 1 aliphatic heterocycles. The number of hydrogen-bond donors (Lipinski definition) is 3. The Kier molecular flexibility index (Phi) is 9.05. The number of ether oxygens (including phenoxy) is 1. The minimum absolute atomic E-state index is 0. The zero-order valence-electron chi connectivity index (χ0n) is 16.0. The maximum Gasteiger partial charge on any atom is 0.224 e. The average Bonchev–Trinajstić information content (AvgIpc) is 3.20. The first-order valence-corrected chi connectivity index (χ1v) is 9.22. The molecule has 0 saturated carbocycles. The molecule has 0 bridgehead atoms. The first-order valence-electron chi connectivity index (χ1n) is 9.22. The molecule has 0 atom stereocenters. The van der Waals surface area contributed by atoms with E-state index in [4.69, 9.17) is 4.74 Å². The Morgan fingerprint density at radius 3 is 2.96 bits per heavy atom. The normalized spacial score (nSPS) is 13.2. The molecule has 0 radical (unpaired) electrons. The minimum atomic E-state index is 0. The van der Waals surface area contributed by atoms with Gasteiger partial charge in [-0.1, -0.05) is 0 Å². The number of rotatable bonds is 8. The molecular formula is C19H27IN6O2. The quantitative estimate of drug-likeness (QED) is 0.224. The highest BCUT2D eigenvalue weighted by Crippen LogP contribution is 2.26. The van der Waals surface area contributed by atoms with E-state index >= 15 is 0 Å². The van der Waals surface area contributed by atoms with Gasteiger partial charge in [-0.2, -0.15) is 5.10 Å². The number of nitrogens with zero attached hydrogens (tertiary/aromatic N) is 3. The van der Waals surface area contributed by atoms with Crippen LogP contribution in [0.2, 0.25) is 0 Å². The second-order valence-electron chi connectivity index (χ2n) is 6.26. The molecule has 3 N–H and O–H groups in total. The van der Waals surface area contributed by atoms with Crippen LogP contribution in [0.3, 0.4) is 0 Å². The van der Waals surface area contributed by atoms with E-state index in [0.29, 0.717) is 19.6 Å². The topological polar surface area (TPSA) is 92.6 Å². The van der Waals surface area contributed by atoms with E-state index in [0.717, 1.165) is 48.9 Å². The molecule has 28 heavy (non-hydrogen) atoms. The number of anilines is 1. The minimum Gasteiger partial charge on any atom is -0.492 e. The van der Waals surface area contributed by atoms with Gasteiger partial charge in [0.05, 0.1) is 6.54 Å². The van der Waals surface area contributed by atoms with Crippen molar-refractivity contribution in [3.63, 3.8) is 0 Å². The second kappa shape index (κ2) is 11.5. The highest BCUT2D eigenvalue weighted by atomic mass is 127. The molecule has 0 aliphatic carbocycles. The third kappa shape index (κ3) is 6.70. The zero-order valence-corrected chi connectivity index (χ0v) is 18.3. The highest BCUT2D eigenvalue weighted by molar-refractivity contribution is 14.0. The fourth-order valence-electron chi connectivity index (χ4n) is 2.89. The van der Waals surface area contributed by atoms with Gasteiger partial charge in [0.1, 0.15) is 12.4 Å². The number of halogens is 1. The van der Waals surface area contributed by atoms with Gasteiger partial charge in [-0.05, 0) is 42.7 Å². The summed E-state index contributed by atoms with van der Waals surface area (Å²) in [5.74, 6) is 1.64. The van der Waals surface area contributed by atoms with E-state index in [2.05, 4.69) is 26.0 Å². The molecule has 3 rings (SSSR count). The van der Waals surface area contributed by atoms with Crippen LogP contribution < -0.4 is 20.7 Å². The summed E-state index contributed by atoms with van der Waals surface area (Å²) in [4.78, 5) is 15.6. The summed E-state index contributed by atoms with van der Waals surface area (Å²) < 4.78 is 7.71. The summed E-state index contributed by atoms with van der Waals surface area (Å²) in [7, 11) is 1.75. The fourth-order valence-corrected chi connectivity index (χ4v) is 2.89. The maximum absolute atomic E-state index is 11.4. The summed E-state index contributed by atoms with van der Waals surface area (Å²) in [6.45, 7) is 2.86. The molecule has 9 heteroatoms. The lowest BCUT2D eigenvalue weighted by molar-refractivity contribution is -0.116. The monoisotopic (exact) mass is 498 g/mol. The molecule has 0 saturated heterocycles. The molecule has 0 unspecified atom stereocenters. The number of aryl methyl sites for hydroxylation is 2. The molecule has 1 amide bonds. The van der Waals surface area contributed by atoms with Gasteiger partial charge in [-0.25, -0.2) is 0 Å². The Morgan fingerprint density at radius 2 is 2.18 bits per heavy atom.